The van der Waals surface area contributed by atoms with E-state index in [4.69, 9.17) is 9.47 Å². The van der Waals surface area contributed by atoms with Crippen molar-refractivity contribution < 1.29 is 9.47 Å². The molecular formula is C24H38O2. The minimum Gasteiger partial charge on any atom is -0.348 e. The molecule has 1 heterocycles. The molecule has 0 aromatic heterocycles. The smallest absolute Gasteiger partial charge is 0.184 e. The van der Waals surface area contributed by atoms with Crippen molar-refractivity contribution in [1.29, 1.82) is 0 Å². The van der Waals surface area contributed by atoms with Crippen LogP contribution in [0, 0.1) is 24.7 Å². The summed E-state index contributed by atoms with van der Waals surface area (Å²) in [6, 6.07) is 6.68. The Morgan fingerprint density at radius 3 is 2.27 bits per heavy atom. The first kappa shape index (κ1) is 19.9. The Morgan fingerprint density at radius 2 is 1.65 bits per heavy atom. The fourth-order valence-corrected chi connectivity index (χ4v) is 4.82. The van der Waals surface area contributed by atoms with Gasteiger partial charge in [0.15, 0.2) is 6.29 Å². The van der Waals surface area contributed by atoms with Gasteiger partial charge in [-0.3, -0.25) is 0 Å². The Labute approximate surface area is 160 Å². The predicted octanol–water partition coefficient (Wildman–Crippen LogP) is 6.61. The summed E-state index contributed by atoms with van der Waals surface area (Å²) >= 11 is 0. The lowest BCUT2D eigenvalue weighted by Gasteiger charge is -2.38. The molecule has 146 valence electrons. The molecular weight excluding hydrogens is 320 g/mol. The van der Waals surface area contributed by atoms with Gasteiger partial charge in [-0.2, -0.15) is 0 Å². The topological polar surface area (TPSA) is 18.5 Å². The molecule has 1 aliphatic heterocycles. The molecule has 1 aliphatic carbocycles. The molecule has 0 atom stereocenters. The molecule has 0 spiro atoms. The third kappa shape index (κ3) is 5.10. The van der Waals surface area contributed by atoms with Crippen LogP contribution in [0.3, 0.4) is 0 Å². The van der Waals surface area contributed by atoms with Gasteiger partial charge in [-0.1, -0.05) is 70.6 Å². The second kappa shape index (κ2) is 9.90. The third-order valence-corrected chi connectivity index (χ3v) is 6.69. The highest BCUT2D eigenvalue weighted by atomic mass is 16.7. The first-order valence-electron chi connectivity index (χ1n) is 11.0. The van der Waals surface area contributed by atoms with E-state index < -0.39 is 0 Å². The quantitative estimate of drug-likeness (QED) is 0.511. The average molecular weight is 359 g/mol. The van der Waals surface area contributed by atoms with Gasteiger partial charge in [-0.25, -0.2) is 0 Å². The third-order valence-electron chi connectivity index (χ3n) is 6.69. The van der Waals surface area contributed by atoms with Crippen molar-refractivity contribution in [1.82, 2.24) is 0 Å². The van der Waals surface area contributed by atoms with Crippen molar-refractivity contribution in [2.75, 3.05) is 13.2 Å². The monoisotopic (exact) mass is 358 g/mol. The fraction of sp³-hybridized carbons (Fsp3) is 0.750. The summed E-state index contributed by atoms with van der Waals surface area (Å²) in [6.45, 7) is 8.40. The summed E-state index contributed by atoms with van der Waals surface area (Å²) in [6.07, 6.45) is 12.1. The molecule has 1 aromatic rings. The number of unbranched alkanes of at least 4 members (excludes halogenated alkanes) is 2. The number of benzene rings is 1. The zero-order chi connectivity index (χ0) is 18.4. The van der Waals surface area contributed by atoms with Gasteiger partial charge in [-0.15, -0.1) is 0 Å². The van der Waals surface area contributed by atoms with Crippen LogP contribution in [0.25, 0.3) is 0 Å². The van der Waals surface area contributed by atoms with Crippen LogP contribution in [-0.2, 0) is 15.9 Å². The fourth-order valence-electron chi connectivity index (χ4n) is 4.82. The van der Waals surface area contributed by atoms with Crippen molar-refractivity contribution >= 4 is 0 Å². The molecule has 0 unspecified atom stereocenters. The van der Waals surface area contributed by atoms with E-state index in [0.717, 1.165) is 31.5 Å². The highest BCUT2D eigenvalue weighted by Gasteiger charge is 2.32. The Bertz CT molecular complexity index is 537. The van der Waals surface area contributed by atoms with Gasteiger partial charge in [0.25, 0.3) is 0 Å². The predicted molar refractivity (Wildman–Crippen MR) is 108 cm³/mol. The standard InChI is InChI=1S/C24H38O2/c1-4-6-7-8-20-9-12-21(13-10-20)22-16-25-24(26-17-22)23-14-11-19(5-2)15-18(23)3/h11,14-15,20-22,24H,4-10,12-13,16-17H2,1-3H3/t20-,21-,22?,24?. The van der Waals surface area contributed by atoms with Crippen molar-refractivity contribution in [2.24, 2.45) is 17.8 Å². The van der Waals surface area contributed by atoms with Crippen molar-refractivity contribution in [2.45, 2.75) is 84.8 Å². The van der Waals surface area contributed by atoms with Gasteiger partial charge in [0.2, 0.25) is 0 Å². The van der Waals surface area contributed by atoms with Crippen molar-refractivity contribution in [3.05, 3.63) is 34.9 Å². The largest absolute Gasteiger partial charge is 0.348 e. The minimum absolute atomic E-state index is 0.164. The molecule has 2 nitrogen and oxygen atoms in total. The molecule has 1 aromatic carbocycles. The molecule has 0 bridgehead atoms. The van der Waals surface area contributed by atoms with Gasteiger partial charge >= 0.3 is 0 Å². The maximum atomic E-state index is 6.17. The number of rotatable bonds is 7. The van der Waals surface area contributed by atoms with Crippen LogP contribution in [-0.4, -0.2) is 13.2 Å². The first-order valence-corrected chi connectivity index (χ1v) is 11.0. The Morgan fingerprint density at radius 1 is 0.923 bits per heavy atom. The lowest BCUT2D eigenvalue weighted by molar-refractivity contribution is -0.215. The van der Waals surface area contributed by atoms with Gasteiger partial charge in [0, 0.05) is 11.5 Å². The average Bonchev–Trinajstić information content (AvgIpc) is 2.69. The molecule has 1 saturated heterocycles. The van der Waals surface area contributed by atoms with E-state index in [2.05, 4.69) is 39.0 Å². The summed E-state index contributed by atoms with van der Waals surface area (Å²) in [5.74, 6) is 2.38. The molecule has 1 saturated carbocycles. The lowest BCUT2D eigenvalue weighted by Crippen LogP contribution is -2.34. The van der Waals surface area contributed by atoms with E-state index in [0.29, 0.717) is 5.92 Å². The van der Waals surface area contributed by atoms with E-state index >= 15 is 0 Å². The number of ether oxygens (including phenoxy) is 2. The maximum Gasteiger partial charge on any atom is 0.184 e. The highest BCUT2D eigenvalue weighted by molar-refractivity contribution is 5.32. The SMILES string of the molecule is CCCCC[C@H]1CC[C@H](C2COC(c3ccc(CC)cc3C)OC2)CC1. The zero-order valence-electron chi connectivity index (χ0n) is 17.1. The number of hydrogen-bond donors (Lipinski definition) is 0. The first-order chi connectivity index (χ1) is 12.7. The molecule has 0 amide bonds. The van der Waals surface area contributed by atoms with E-state index in [-0.39, 0.29) is 6.29 Å². The summed E-state index contributed by atoms with van der Waals surface area (Å²) in [5, 5.41) is 0. The molecule has 3 rings (SSSR count). The van der Waals surface area contributed by atoms with Crippen LogP contribution < -0.4 is 0 Å². The van der Waals surface area contributed by atoms with E-state index in [1.807, 2.05) is 0 Å². The zero-order valence-corrected chi connectivity index (χ0v) is 17.1. The molecule has 2 heteroatoms. The van der Waals surface area contributed by atoms with E-state index in [1.165, 1.54) is 68.1 Å². The molecule has 0 N–H and O–H groups in total. The minimum atomic E-state index is -0.164. The second-order valence-electron chi connectivity index (χ2n) is 8.58. The van der Waals surface area contributed by atoms with Gasteiger partial charge < -0.3 is 9.47 Å². The van der Waals surface area contributed by atoms with Gasteiger partial charge in [-0.05, 0) is 49.1 Å². The Kier molecular flexibility index (Phi) is 7.57. The summed E-state index contributed by atoms with van der Waals surface area (Å²) < 4.78 is 12.3. The van der Waals surface area contributed by atoms with E-state index in [1.54, 1.807) is 0 Å². The normalized spacial score (nSPS) is 29.7. The van der Waals surface area contributed by atoms with Crippen LogP contribution >= 0.6 is 0 Å². The number of aryl methyl sites for hydroxylation is 2. The summed E-state index contributed by atoms with van der Waals surface area (Å²) in [7, 11) is 0. The summed E-state index contributed by atoms with van der Waals surface area (Å²) in [4.78, 5) is 0. The van der Waals surface area contributed by atoms with Gasteiger partial charge in [0.1, 0.15) is 0 Å². The Balaban J connectivity index is 1.44. The molecule has 0 radical (unpaired) electrons. The van der Waals surface area contributed by atoms with Crippen LogP contribution in [0.5, 0.6) is 0 Å². The lowest BCUT2D eigenvalue weighted by atomic mass is 9.74. The van der Waals surface area contributed by atoms with Crippen molar-refractivity contribution in [3.8, 4) is 0 Å². The van der Waals surface area contributed by atoms with Gasteiger partial charge in [0.05, 0.1) is 13.2 Å². The molecule has 2 fully saturated rings. The second-order valence-corrected chi connectivity index (χ2v) is 8.58. The van der Waals surface area contributed by atoms with Crippen LogP contribution in [0.2, 0.25) is 0 Å². The highest BCUT2D eigenvalue weighted by Crippen LogP contribution is 2.39. The maximum absolute atomic E-state index is 6.17. The van der Waals surface area contributed by atoms with E-state index in [9.17, 15) is 0 Å². The van der Waals surface area contributed by atoms with Crippen molar-refractivity contribution in [3.63, 3.8) is 0 Å². The van der Waals surface area contributed by atoms with Crippen LogP contribution in [0.4, 0.5) is 0 Å². The van der Waals surface area contributed by atoms with Crippen LogP contribution in [0.15, 0.2) is 18.2 Å². The molecule has 26 heavy (non-hydrogen) atoms. The molecule has 2 aliphatic rings. The van der Waals surface area contributed by atoms with Crippen LogP contribution in [0.1, 0.15) is 88.2 Å². The summed E-state index contributed by atoms with van der Waals surface area (Å²) in [5.41, 5.74) is 3.89. The Hall–Kier alpha value is -0.860. The number of hydrogen-bond acceptors (Lipinski definition) is 2.